The van der Waals surface area contributed by atoms with E-state index < -0.39 is 28.5 Å². The number of likely N-dealkylation sites (N-methyl/N-ethyl adjacent to an activating group) is 1. The smallest absolute Gasteiger partial charge is 0.244 e. The van der Waals surface area contributed by atoms with Crippen LogP contribution in [0.2, 0.25) is 10.0 Å². The SMILES string of the molecule is CCNC(=O)C(C)N(Cc1ccc(Cl)cc1Cl)C(=O)CN(c1ccc(C)cc1C)S(C)(=O)=O. The van der Waals surface area contributed by atoms with Crippen LogP contribution in [0.3, 0.4) is 0 Å². The van der Waals surface area contributed by atoms with Crippen LogP contribution in [0.15, 0.2) is 36.4 Å². The summed E-state index contributed by atoms with van der Waals surface area (Å²) in [6.45, 7) is 7.00. The first-order valence-electron chi connectivity index (χ1n) is 10.4. The molecule has 0 heterocycles. The third-order valence-corrected chi connectivity index (χ3v) is 6.89. The molecule has 33 heavy (non-hydrogen) atoms. The van der Waals surface area contributed by atoms with Gasteiger partial charge in [0.15, 0.2) is 0 Å². The minimum Gasteiger partial charge on any atom is -0.355 e. The number of aryl methyl sites for hydroxylation is 2. The quantitative estimate of drug-likeness (QED) is 0.550. The number of rotatable bonds is 9. The molecule has 0 aliphatic rings. The highest BCUT2D eigenvalue weighted by atomic mass is 35.5. The Labute approximate surface area is 205 Å². The van der Waals surface area contributed by atoms with Crippen molar-refractivity contribution in [3.63, 3.8) is 0 Å². The average molecular weight is 514 g/mol. The van der Waals surface area contributed by atoms with Crippen LogP contribution in [0.5, 0.6) is 0 Å². The number of nitrogens with one attached hydrogen (secondary N) is 1. The van der Waals surface area contributed by atoms with Gasteiger partial charge < -0.3 is 10.2 Å². The van der Waals surface area contributed by atoms with E-state index >= 15 is 0 Å². The Morgan fingerprint density at radius 3 is 2.30 bits per heavy atom. The predicted molar refractivity (Wildman–Crippen MR) is 133 cm³/mol. The van der Waals surface area contributed by atoms with Gasteiger partial charge in [-0.25, -0.2) is 8.42 Å². The Hall–Kier alpha value is -2.29. The van der Waals surface area contributed by atoms with Gasteiger partial charge in [-0.1, -0.05) is 47.0 Å². The van der Waals surface area contributed by atoms with Crippen molar-refractivity contribution in [3.05, 3.63) is 63.1 Å². The molecule has 0 aliphatic carbocycles. The number of carbonyl (C=O) groups is 2. The molecule has 1 unspecified atom stereocenters. The normalized spacial score (nSPS) is 12.2. The van der Waals surface area contributed by atoms with Crippen molar-refractivity contribution in [2.75, 3.05) is 23.7 Å². The van der Waals surface area contributed by atoms with E-state index in [1.807, 2.05) is 13.0 Å². The fraction of sp³-hybridized carbons (Fsp3) is 0.391. The maximum Gasteiger partial charge on any atom is 0.244 e. The van der Waals surface area contributed by atoms with E-state index in [1.165, 1.54) is 4.90 Å². The summed E-state index contributed by atoms with van der Waals surface area (Å²) in [5.41, 5.74) is 2.69. The molecule has 0 radical (unpaired) electrons. The van der Waals surface area contributed by atoms with Gasteiger partial charge in [0.2, 0.25) is 21.8 Å². The van der Waals surface area contributed by atoms with Gasteiger partial charge in [-0.3, -0.25) is 13.9 Å². The van der Waals surface area contributed by atoms with Crippen molar-refractivity contribution in [3.8, 4) is 0 Å². The molecule has 0 saturated heterocycles. The summed E-state index contributed by atoms with van der Waals surface area (Å²) >= 11 is 12.3. The first-order valence-corrected chi connectivity index (χ1v) is 13.0. The fourth-order valence-corrected chi connectivity index (χ4v) is 4.79. The zero-order chi connectivity index (χ0) is 24.9. The molecule has 0 saturated carbocycles. The predicted octanol–water partition coefficient (Wildman–Crippen LogP) is 3.93. The molecule has 1 atom stereocenters. The first-order chi connectivity index (χ1) is 15.3. The summed E-state index contributed by atoms with van der Waals surface area (Å²) in [6, 6.07) is 9.32. The molecule has 2 rings (SSSR count). The van der Waals surface area contributed by atoms with Gasteiger partial charge in [0.05, 0.1) is 11.9 Å². The van der Waals surface area contributed by atoms with Gasteiger partial charge in [0, 0.05) is 23.1 Å². The van der Waals surface area contributed by atoms with Gasteiger partial charge in [-0.15, -0.1) is 0 Å². The standard InChI is InChI=1S/C23H29Cl2N3O4S/c1-6-26-23(30)17(4)27(13-18-8-9-19(24)12-20(18)25)22(29)14-28(33(5,31)32)21-10-7-15(2)11-16(21)3/h7-12,17H,6,13-14H2,1-5H3,(H,26,30). The summed E-state index contributed by atoms with van der Waals surface area (Å²) < 4.78 is 26.3. The molecule has 2 aromatic rings. The Balaban J connectivity index is 2.45. The molecular weight excluding hydrogens is 485 g/mol. The third kappa shape index (κ3) is 7.09. The number of hydrogen-bond donors (Lipinski definition) is 1. The van der Waals surface area contributed by atoms with E-state index in [-0.39, 0.29) is 12.5 Å². The number of anilines is 1. The zero-order valence-corrected chi connectivity index (χ0v) is 21.7. The fourth-order valence-electron chi connectivity index (χ4n) is 3.42. The van der Waals surface area contributed by atoms with Gasteiger partial charge in [0.25, 0.3) is 0 Å². The number of hydrogen-bond acceptors (Lipinski definition) is 4. The van der Waals surface area contributed by atoms with Gasteiger partial charge in [-0.05, 0) is 57.0 Å². The Morgan fingerprint density at radius 2 is 1.76 bits per heavy atom. The lowest BCUT2D eigenvalue weighted by Crippen LogP contribution is -2.51. The van der Waals surface area contributed by atoms with Crippen LogP contribution in [-0.2, 0) is 26.2 Å². The first kappa shape index (κ1) is 27.0. The van der Waals surface area contributed by atoms with E-state index in [9.17, 15) is 18.0 Å². The van der Waals surface area contributed by atoms with Gasteiger partial charge in [0.1, 0.15) is 12.6 Å². The van der Waals surface area contributed by atoms with E-state index in [2.05, 4.69) is 5.32 Å². The molecular formula is C23H29Cl2N3O4S. The second kappa shape index (κ2) is 11.2. The van der Waals surface area contributed by atoms with Crippen molar-refractivity contribution in [2.45, 2.75) is 40.3 Å². The molecule has 2 amide bonds. The van der Waals surface area contributed by atoms with Crippen LogP contribution in [-0.4, -0.2) is 50.5 Å². The molecule has 0 bridgehead atoms. The molecule has 0 aliphatic heterocycles. The minimum atomic E-state index is -3.78. The monoisotopic (exact) mass is 513 g/mol. The van der Waals surface area contributed by atoms with E-state index in [1.54, 1.807) is 51.1 Å². The average Bonchev–Trinajstić information content (AvgIpc) is 2.70. The molecule has 10 heteroatoms. The number of amides is 2. The van der Waals surface area contributed by atoms with Crippen LogP contribution in [0.1, 0.15) is 30.5 Å². The van der Waals surface area contributed by atoms with Gasteiger partial charge in [-0.2, -0.15) is 0 Å². The van der Waals surface area contributed by atoms with Crippen molar-refractivity contribution < 1.29 is 18.0 Å². The van der Waals surface area contributed by atoms with Crippen LogP contribution < -0.4 is 9.62 Å². The summed E-state index contributed by atoms with van der Waals surface area (Å²) in [5.74, 6) is -0.890. The lowest BCUT2D eigenvalue weighted by atomic mass is 10.1. The van der Waals surface area contributed by atoms with E-state index in [0.717, 1.165) is 21.7 Å². The highest BCUT2D eigenvalue weighted by Gasteiger charge is 2.30. The number of benzene rings is 2. The lowest BCUT2D eigenvalue weighted by Gasteiger charge is -2.32. The highest BCUT2D eigenvalue weighted by Crippen LogP contribution is 2.26. The Bertz CT molecular complexity index is 1140. The van der Waals surface area contributed by atoms with Crippen LogP contribution >= 0.6 is 23.2 Å². The van der Waals surface area contributed by atoms with Crippen molar-refractivity contribution in [1.82, 2.24) is 10.2 Å². The largest absolute Gasteiger partial charge is 0.355 e. The zero-order valence-electron chi connectivity index (χ0n) is 19.4. The Morgan fingerprint density at radius 1 is 1.09 bits per heavy atom. The van der Waals surface area contributed by atoms with Crippen LogP contribution in [0.4, 0.5) is 5.69 Å². The van der Waals surface area contributed by atoms with E-state index in [4.69, 9.17) is 23.2 Å². The summed E-state index contributed by atoms with van der Waals surface area (Å²) in [6.07, 6.45) is 1.05. The van der Waals surface area contributed by atoms with Gasteiger partial charge >= 0.3 is 0 Å². The van der Waals surface area contributed by atoms with Crippen molar-refractivity contribution in [2.24, 2.45) is 0 Å². The maximum absolute atomic E-state index is 13.5. The minimum absolute atomic E-state index is 0.0115. The molecule has 1 N–H and O–H groups in total. The topological polar surface area (TPSA) is 86.8 Å². The molecule has 7 nitrogen and oxygen atoms in total. The summed E-state index contributed by atoms with van der Waals surface area (Å²) in [7, 11) is -3.78. The third-order valence-electron chi connectivity index (χ3n) is 5.17. The lowest BCUT2D eigenvalue weighted by molar-refractivity contribution is -0.139. The van der Waals surface area contributed by atoms with Crippen LogP contribution in [0.25, 0.3) is 0 Å². The molecule has 0 fully saturated rings. The van der Waals surface area contributed by atoms with Crippen molar-refractivity contribution >= 4 is 50.7 Å². The molecule has 0 aromatic heterocycles. The summed E-state index contributed by atoms with van der Waals surface area (Å²) in [5, 5.41) is 3.49. The number of nitrogens with zero attached hydrogens (tertiary/aromatic N) is 2. The van der Waals surface area contributed by atoms with Crippen molar-refractivity contribution in [1.29, 1.82) is 0 Å². The number of carbonyl (C=O) groups excluding carboxylic acids is 2. The Kier molecular flexibility index (Phi) is 9.17. The maximum atomic E-state index is 13.5. The summed E-state index contributed by atoms with van der Waals surface area (Å²) in [4.78, 5) is 27.3. The number of halogens is 2. The second-order valence-corrected chi connectivity index (χ2v) is 10.6. The second-order valence-electron chi connectivity index (χ2n) is 7.89. The highest BCUT2D eigenvalue weighted by molar-refractivity contribution is 7.92. The molecule has 180 valence electrons. The molecule has 0 spiro atoms. The van der Waals surface area contributed by atoms with E-state index in [0.29, 0.717) is 27.8 Å². The molecule has 2 aromatic carbocycles. The number of sulfonamides is 1. The van der Waals surface area contributed by atoms with Crippen LogP contribution in [0, 0.1) is 13.8 Å².